The Balaban J connectivity index is 1.89. The van der Waals surface area contributed by atoms with Crippen LogP contribution in [0.1, 0.15) is 23.3 Å². The lowest BCUT2D eigenvalue weighted by molar-refractivity contribution is -0.163. The van der Waals surface area contributed by atoms with Gasteiger partial charge < -0.3 is 16.0 Å². The standard InChI is InChI=1S/C13H12F3N3O/c14-13(15,16)12(4-5-12)19-11(20)9-6-7-2-1-3-8(17)10(7)18-9/h1-3,6,18H,4-5,17H2,(H,19,20). The Bertz CT molecular complexity index is 686. The molecule has 7 heteroatoms. The van der Waals surface area contributed by atoms with E-state index in [0.29, 0.717) is 16.6 Å². The molecule has 4 N–H and O–H groups in total. The number of alkyl halides is 3. The van der Waals surface area contributed by atoms with Crippen LogP contribution in [-0.2, 0) is 0 Å². The van der Waals surface area contributed by atoms with Crippen LogP contribution in [0.15, 0.2) is 24.3 Å². The molecular weight excluding hydrogens is 271 g/mol. The smallest absolute Gasteiger partial charge is 0.397 e. The van der Waals surface area contributed by atoms with E-state index < -0.39 is 17.6 Å². The van der Waals surface area contributed by atoms with Crippen LogP contribution in [-0.4, -0.2) is 22.6 Å². The highest BCUT2D eigenvalue weighted by atomic mass is 19.4. The molecule has 0 saturated heterocycles. The summed E-state index contributed by atoms with van der Waals surface area (Å²) >= 11 is 0. The molecule has 1 saturated carbocycles. The lowest BCUT2D eigenvalue weighted by Gasteiger charge is -2.20. The monoisotopic (exact) mass is 283 g/mol. The molecular formula is C13H12F3N3O. The SMILES string of the molecule is Nc1cccc2cc(C(=O)NC3(C(F)(F)F)CC3)[nH]c12. The topological polar surface area (TPSA) is 70.9 Å². The third-order valence-corrected chi connectivity index (χ3v) is 3.58. The Morgan fingerprint density at radius 2 is 2.05 bits per heavy atom. The normalized spacial score (nSPS) is 17.1. The van der Waals surface area contributed by atoms with Crippen molar-refractivity contribution in [2.75, 3.05) is 5.73 Å². The van der Waals surface area contributed by atoms with Crippen molar-refractivity contribution in [2.45, 2.75) is 24.6 Å². The number of carbonyl (C=O) groups is 1. The average molecular weight is 283 g/mol. The number of nitrogens with one attached hydrogen (secondary N) is 2. The first-order valence-corrected chi connectivity index (χ1v) is 6.09. The molecule has 1 aliphatic rings. The first kappa shape index (κ1) is 12.8. The zero-order valence-corrected chi connectivity index (χ0v) is 10.3. The molecule has 0 atom stereocenters. The molecule has 1 amide bonds. The largest absolute Gasteiger partial charge is 0.411 e. The van der Waals surface area contributed by atoms with Crippen LogP contribution in [0.2, 0.25) is 0 Å². The van der Waals surface area contributed by atoms with E-state index in [1.807, 2.05) is 0 Å². The van der Waals surface area contributed by atoms with Crippen molar-refractivity contribution < 1.29 is 18.0 Å². The van der Waals surface area contributed by atoms with Gasteiger partial charge in [-0.1, -0.05) is 12.1 Å². The number of carbonyl (C=O) groups excluding carboxylic acids is 1. The van der Waals surface area contributed by atoms with Gasteiger partial charge in [0.2, 0.25) is 0 Å². The molecule has 0 aliphatic heterocycles. The van der Waals surface area contributed by atoms with Crippen molar-refractivity contribution >= 4 is 22.5 Å². The minimum atomic E-state index is -4.42. The Hall–Kier alpha value is -2.18. The number of para-hydroxylation sites is 1. The van der Waals surface area contributed by atoms with E-state index >= 15 is 0 Å². The van der Waals surface area contributed by atoms with Crippen LogP contribution in [0.4, 0.5) is 18.9 Å². The van der Waals surface area contributed by atoms with Gasteiger partial charge in [0.1, 0.15) is 11.2 Å². The van der Waals surface area contributed by atoms with Crippen LogP contribution in [0.3, 0.4) is 0 Å². The number of aromatic nitrogens is 1. The third-order valence-electron chi connectivity index (χ3n) is 3.58. The number of halogens is 3. The van der Waals surface area contributed by atoms with Crippen LogP contribution in [0.5, 0.6) is 0 Å². The van der Waals surface area contributed by atoms with Crippen molar-refractivity contribution in [1.82, 2.24) is 10.3 Å². The van der Waals surface area contributed by atoms with Gasteiger partial charge in [-0.05, 0) is 25.0 Å². The van der Waals surface area contributed by atoms with Crippen LogP contribution in [0, 0.1) is 0 Å². The summed E-state index contributed by atoms with van der Waals surface area (Å²) in [4.78, 5) is 14.7. The average Bonchev–Trinajstić information content (AvgIpc) is 3.01. The highest BCUT2D eigenvalue weighted by Gasteiger charge is 2.64. The quantitative estimate of drug-likeness (QED) is 0.741. The predicted molar refractivity (Wildman–Crippen MR) is 68.2 cm³/mol. The number of hydrogen-bond acceptors (Lipinski definition) is 2. The molecule has 1 heterocycles. The summed E-state index contributed by atoms with van der Waals surface area (Å²) in [6.07, 6.45) is -4.58. The second-order valence-electron chi connectivity index (χ2n) is 5.03. The summed E-state index contributed by atoms with van der Waals surface area (Å²) in [7, 11) is 0. The molecule has 4 nitrogen and oxygen atoms in total. The summed E-state index contributed by atoms with van der Waals surface area (Å²) in [5, 5.41) is 2.76. The van der Waals surface area contributed by atoms with Crippen LogP contribution >= 0.6 is 0 Å². The van der Waals surface area contributed by atoms with Crippen molar-refractivity contribution in [3.63, 3.8) is 0 Å². The van der Waals surface area contributed by atoms with Crippen molar-refractivity contribution in [3.05, 3.63) is 30.0 Å². The minimum Gasteiger partial charge on any atom is -0.397 e. The van der Waals surface area contributed by atoms with Gasteiger partial charge in [-0.3, -0.25) is 4.79 Å². The maximum absolute atomic E-state index is 12.8. The highest BCUT2D eigenvalue weighted by molar-refractivity contribution is 6.01. The number of benzene rings is 1. The molecule has 106 valence electrons. The molecule has 1 aromatic carbocycles. The zero-order chi connectivity index (χ0) is 14.5. The molecule has 1 aliphatic carbocycles. The molecule has 2 aromatic rings. The van der Waals surface area contributed by atoms with Gasteiger partial charge in [-0.15, -0.1) is 0 Å². The maximum Gasteiger partial charge on any atom is 0.411 e. The third kappa shape index (κ3) is 1.90. The van der Waals surface area contributed by atoms with E-state index in [1.165, 1.54) is 6.07 Å². The number of nitrogen functional groups attached to an aromatic ring is 1. The zero-order valence-electron chi connectivity index (χ0n) is 10.3. The van der Waals surface area contributed by atoms with E-state index in [4.69, 9.17) is 5.73 Å². The molecule has 0 radical (unpaired) electrons. The summed E-state index contributed by atoms with van der Waals surface area (Å²) in [6, 6.07) is 6.59. The van der Waals surface area contributed by atoms with Gasteiger partial charge in [0, 0.05) is 5.39 Å². The van der Waals surface area contributed by atoms with Gasteiger partial charge in [-0.2, -0.15) is 13.2 Å². The van der Waals surface area contributed by atoms with E-state index in [-0.39, 0.29) is 18.5 Å². The van der Waals surface area contributed by atoms with Crippen LogP contribution < -0.4 is 11.1 Å². The molecule has 20 heavy (non-hydrogen) atoms. The predicted octanol–water partition coefficient (Wildman–Crippen LogP) is 2.57. The number of fused-ring (bicyclic) bond motifs is 1. The Kier molecular flexibility index (Phi) is 2.51. The first-order valence-electron chi connectivity index (χ1n) is 6.09. The molecule has 0 spiro atoms. The Labute approximate surface area is 112 Å². The summed E-state index contributed by atoms with van der Waals surface area (Å²) < 4.78 is 38.4. The maximum atomic E-state index is 12.8. The van der Waals surface area contributed by atoms with Crippen LogP contribution in [0.25, 0.3) is 10.9 Å². The van der Waals surface area contributed by atoms with Gasteiger partial charge >= 0.3 is 6.18 Å². The van der Waals surface area contributed by atoms with Crippen molar-refractivity contribution in [1.29, 1.82) is 0 Å². The lowest BCUT2D eigenvalue weighted by Crippen LogP contribution is -2.47. The summed E-state index contributed by atoms with van der Waals surface area (Å²) in [5.74, 6) is -0.768. The number of amides is 1. The molecule has 3 rings (SSSR count). The highest BCUT2D eigenvalue weighted by Crippen LogP contribution is 2.49. The van der Waals surface area contributed by atoms with E-state index in [0.717, 1.165) is 0 Å². The number of nitrogens with two attached hydrogens (primary N) is 1. The van der Waals surface area contributed by atoms with Gasteiger partial charge in [-0.25, -0.2) is 0 Å². The van der Waals surface area contributed by atoms with E-state index in [9.17, 15) is 18.0 Å². The summed E-state index contributed by atoms with van der Waals surface area (Å²) in [6.45, 7) is 0. The Morgan fingerprint density at radius 3 is 2.60 bits per heavy atom. The fraction of sp³-hybridized carbons (Fsp3) is 0.308. The molecule has 1 fully saturated rings. The van der Waals surface area contributed by atoms with E-state index in [2.05, 4.69) is 10.3 Å². The second kappa shape index (κ2) is 3.91. The van der Waals surface area contributed by atoms with Gasteiger partial charge in [0.05, 0.1) is 11.2 Å². The Morgan fingerprint density at radius 1 is 1.35 bits per heavy atom. The fourth-order valence-electron chi connectivity index (χ4n) is 2.19. The van der Waals surface area contributed by atoms with E-state index in [1.54, 1.807) is 18.2 Å². The number of anilines is 1. The minimum absolute atomic E-state index is 0.0772. The van der Waals surface area contributed by atoms with Crippen molar-refractivity contribution in [3.8, 4) is 0 Å². The number of H-pyrrole nitrogens is 1. The van der Waals surface area contributed by atoms with Crippen molar-refractivity contribution in [2.24, 2.45) is 0 Å². The molecule has 1 aromatic heterocycles. The first-order chi connectivity index (χ1) is 9.32. The lowest BCUT2D eigenvalue weighted by atomic mass is 10.2. The molecule has 0 bridgehead atoms. The second-order valence-corrected chi connectivity index (χ2v) is 5.03. The summed E-state index contributed by atoms with van der Waals surface area (Å²) in [5.41, 5.74) is 4.74. The van der Waals surface area contributed by atoms with Gasteiger partial charge in [0.15, 0.2) is 0 Å². The number of aromatic amines is 1. The molecule has 0 unspecified atom stereocenters. The number of hydrogen-bond donors (Lipinski definition) is 3. The number of rotatable bonds is 2. The fourth-order valence-corrected chi connectivity index (χ4v) is 2.19. The van der Waals surface area contributed by atoms with Gasteiger partial charge in [0.25, 0.3) is 5.91 Å².